The van der Waals surface area contributed by atoms with Gasteiger partial charge in [0.25, 0.3) is 5.91 Å². The van der Waals surface area contributed by atoms with Gasteiger partial charge in [-0.25, -0.2) is 4.79 Å². The molecule has 3 rings (SSSR count). The summed E-state index contributed by atoms with van der Waals surface area (Å²) in [7, 11) is 0. The predicted octanol–water partition coefficient (Wildman–Crippen LogP) is -0.256. The zero-order valence-corrected chi connectivity index (χ0v) is 23.6. The lowest BCUT2D eigenvalue weighted by atomic mass is 10.00. The molecule has 0 radical (unpaired) electrons. The Balaban J connectivity index is 1.87. The van der Waals surface area contributed by atoms with Crippen molar-refractivity contribution in [2.75, 3.05) is 19.6 Å². The van der Waals surface area contributed by atoms with E-state index in [0.29, 0.717) is 36.3 Å². The highest BCUT2D eigenvalue weighted by Gasteiger charge is 2.29. The van der Waals surface area contributed by atoms with E-state index in [4.69, 9.17) is 0 Å². The number of aliphatic hydroxyl groups is 1. The second-order valence-corrected chi connectivity index (χ2v) is 10.4. The zero-order valence-electron chi connectivity index (χ0n) is 23.6. The van der Waals surface area contributed by atoms with Gasteiger partial charge in [-0.05, 0) is 76.8 Å². The van der Waals surface area contributed by atoms with E-state index in [1.807, 2.05) is 13.0 Å². The lowest BCUT2D eigenvalue weighted by molar-refractivity contribution is -0.137. The maximum atomic E-state index is 13.3. The van der Waals surface area contributed by atoms with Crippen LogP contribution in [0.25, 0.3) is 0 Å². The highest BCUT2D eigenvalue weighted by Crippen LogP contribution is 2.14. The first-order valence-corrected chi connectivity index (χ1v) is 13.3. The van der Waals surface area contributed by atoms with Crippen molar-refractivity contribution in [2.45, 2.75) is 72.2 Å². The number of amides is 4. The Hall–Kier alpha value is -4.06. The summed E-state index contributed by atoms with van der Waals surface area (Å²) in [6.07, 6.45) is -0.00629. The molecule has 2 aromatic rings. The normalized spacial score (nSPS) is 20.1. The quantitative estimate of drug-likeness (QED) is 0.406. The number of rotatable bonds is 3. The largest absolute Gasteiger partial charge is 0.391 e. The van der Waals surface area contributed by atoms with Crippen LogP contribution in [0.5, 0.6) is 0 Å². The Morgan fingerprint density at radius 3 is 2.52 bits per heavy atom. The third kappa shape index (κ3) is 7.98. The fraction of sp³-hybridized carbons (Fsp3) is 0.500. The molecule has 4 N–H and O–H groups in total. The Morgan fingerprint density at radius 1 is 1.12 bits per heavy atom. The molecule has 12 nitrogen and oxygen atoms in total. The number of carbonyl (C=O) groups is 4. The van der Waals surface area contributed by atoms with E-state index in [1.54, 1.807) is 39.0 Å². The Bertz CT molecular complexity index is 1340. The van der Waals surface area contributed by atoms with Crippen LogP contribution in [0.3, 0.4) is 0 Å². The summed E-state index contributed by atoms with van der Waals surface area (Å²) in [4.78, 5) is 69.8. The molecule has 1 aliphatic rings. The van der Waals surface area contributed by atoms with Gasteiger partial charge in [0.1, 0.15) is 12.6 Å². The van der Waals surface area contributed by atoms with E-state index in [0.717, 1.165) is 11.1 Å². The molecule has 4 amide bonds. The fourth-order valence-corrected chi connectivity index (χ4v) is 4.61. The second-order valence-electron chi connectivity index (χ2n) is 10.4. The minimum atomic E-state index is -1.25. The van der Waals surface area contributed by atoms with Crippen molar-refractivity contribution in [3.05, 3.63) is 62.8 Å². The summed E-state index contributed by atoms with van der Waals surface area (Å²) < 4.78 is 1.23. The predicted molar refractivity (Wildman–Crippen MR) is 148 cm³/mol. The van der Waals surface area contributed by atoms with Crippen molar-refractivity contribution in [1.29, 1.82) is 0 Å². The van der Waals surface area contributed by atoms with Crippen LogP contribution in [-0.4, -0.2) is 81.0 Å². The maximum absolute atomic E-state index is 13.3. The SMILES string of the molecule is Cc1cc(C)n(CC(=O)N2CC(=O)NCCCc3cc(ccc3C)C(=O)N[C@@H]([C@@H](C)O)C(=O)N[C@H](C)C2)c(=O)n1. The van der Waals surface area contributed by atoms with Gasteiger partial charge in [0.15, 0.2) is 0 Å². The highest BCUT2D eigenvalue weighted by molar-refractivity contribution is 5.98. The molecule has 0 saturated heterocycles. The summed E-state index contributed by atoms with van der Waals surface area (Å²) in [6, 6.07) is 5.00. The zero-order chi connectivity index (χ0) is 29.6. The number of carbonyl (C=O) groups excluding carboxylic acids is 4. The third-order valence-electron chi connectivity index (χ3n) is 6.82. The number of fused-ring (bicyclic) bond motifs is 2. The van der Waals surface area contributed by atoms with Gasteiger partial charge in [0.05, 0.1) is 12.6 Å². The lowest BCUT2D eigenvalue weighted by Gasteiger charge is -2.28. The molecular weight excluding hydrogens is 516 g/mol. The number of hydrogen-bond donors (Lipinski definition) is 4. The summed E-state index contributed by atoms with van der Waals surface area (Å²) in [6.45, 7) is 8.03. The average Bonchev–Trinajstić information content (AvgIpc) is 2.86. The number of aliphatic hydroxyl groups excluding tert-OH is 1. The van der Waals surface area contributed by atoms with E-state index in [2.05, 4.69) is 20.9 Å². The van der Waals surface area contributed by atoms with Crippen molar-refractivity contribution in [2.24, 2.45) is 0 Å². The monoisotopic (exact) mass is 554 g/mol. The molecule has 3 atom stereocenters. The first kappa shape index (κ1) is 30.5. The smallest absolute Gasteiger partial charge is 0.348 e. The Labute approximate surface area is 233 Å². The van der Waals surface area contributed by atoms with Crippen molar-refractivity contribution in [3.8, 4) is 0 Å². The average molecular weight is 555 g/mol. The van der Waals surface area contributed by atoms with Gasteiger partial charge in [0.2, 0.25) is 17.7 Å². The number of hydrogen-bond acceptors (Lipinski definition) is 7. The summed E-state index contributed by atoms with van der Waals surface area (Å²) in [5.41, 5.74) is 2.76. The van der Waals surface area contributed by atoms with Crippen molar-refractivity contribution < 1.29 is 24.3 Å². The number of benzene rings is 1. The van der Waals surface area contributed by atoms with Crippen LogP contribution in [0.4, 0.5) is 0 Å². The fourth-order valence-electron chi connectivity index (χ4n) is 4.61. The maximum Gasteiger partial charge on any atom is 0.348 e. The van der Waals surface area contributed by atoms with E-state index in [-0.39, 0.29) is 25.5 Å². The molecule has 2 bridgehead atoms. The standard InChI is InChI=1S/C28H38N6O6/c1-16-8-9-22-12-21(16)7-6-10-29-23(36)14-33(24(37)15-34-19(4)11-17(2)31-28(34)40)13-18(3)30-27(39)25(20(5)35)32-26(22)38/h8-9,11-12,18,20,25,35H,6-7,10,13-15H2,1-5H3,(H,29,36)(H,30,39)(H,32,38)/t18-,20-,25+/m1/s1. The van der Waals surface area contributed by atoms with E-state index < -0.39 is 41.6 Å². The molecule has 2 heterocycles. The number of aryl methyl sites for hydroxylation is 4. The molecule has 1 aliphatic heterocycles. The molecule has 0 aliphatic carbocycles. The van der Waals surface area contributed by atoms with E-state index >= 15 is 0 Å². The molecule has 216 valence electrons. The Morgan fingerprint density at radius 2 is 1.85 bits per heavy atom. The van der Waals surface area contributed by atoms with Crippen LogP contribution in [-0.2, 0) is 27.3 Å². The Kier molecular flexibility index (Phi) is 10.2. The number of nitrogens with one attached hydrogen (secondary N) is 3. The van der Waals surface area contributed by atoms with Crippen LogP contribution in [0.15, 0.2) is 29.1 Å². The van der Waals surface area contributed by atoms with Crippen LogP contribution >= 0.6 is 0 Å². The highest BCUT2D eigenvalue weighted by atomic mass is 16.3. The minimum Gasteiger partial charge on any atom is -0.391 e. The van der Waals surface area contributed by atoms with Gasteiger partial charge in [-0.3, -0.25) is 23.7 Å². The first-order valence-electron chi connectivity index (χ1n) is 13.3. The van der Waals surface area contributed by atoms with Gasteiger partial charge in [-0.2, -0.15) is 4.98 Å². The topological polar surface area (TPSA) is 163 Å². The third-order valence-corrected chi connectivity index (χ3v) is 6.82. The van der Waals surface area contributed by atoms with Crippen molar-refractivity contribution in [3.63, 3.8) is 0 Å². The molecule has 0 spiro atoms. The molecule has 0 unspecified atom stereocenters. The molecule has 0 fully saturated rings. The number of nitrogens with zero attached hydrogens (tertiary/aromatic N) is 3. The van der Waals surface area contributed by atoms with Gasteiger partial charge in [0, 0.05) is 36.1 Å². The minimum absolute atomic E-state index is 0.0501. The van der Waals surface area contributed by atoms with Crippen molar-refractivity contribution in [1.82, 2.24) is 30.4 Å². The molecule has 0 saturated carbocycles. The van der Waals surface area contributed by atoms with Gasteiger partial charge in [-0.15, -0.1) is 0 Å². The molecular formula is C28H38N6O6. The van der Waals surface area contributed by atoms with Gasteiger partial charge < -0.3 is 26.0 Å². The van der Waals surface area contributed by atoms with Crippen LogP contribution in [0, 0.1) is 20.8 Å². The molecule has 12 heteroatoms. The molecule has 40 heavy (non-hydrogen) atoms. The van der Waals surface area contributed by atoms with Gasteiger partial charge >= 0.3 is 5.69 Å². The first-order chi connectivity index (χ1) is 18.8. The van der Waals surface area contributed by atoms with Crippen LogP contribution in [0.1, 0.15) is 53.1 Å². The molecule has 1 aromatic carbocycles. The van der Waals surface area contributed by atoms with Crippen molar-refractivity contribution >= 4 is 23.6 Å². The molecule has 1 aromatic heterocycles. The summed E-state index contributed by atoms with van der Waals surface area (Å²) in [5, 5.41) is 18.4. The lowest BCUT2D eigenvalue weighted by Crippen LogP contribution is -2.56. The van der Waals surface area contributed by atoms with E-state index in [1.165, 1.54) is 16.4 Å². The van der Waals surface area contributed by atoms with Gasteiger partial charge in [-0.1, -0.05) is 6.07 Å². The summed E-state index contributed by atoms with van der Waals surface area (Å²) in [5.74, 6) is -2.03. The van der Waals surface area contributed by atoms with Crippen LogP contribution in [0.2, 0.25) is 0 Å². The summed E-state index contributed by atoms with van der Waals surface area (Å²) >= 11 is 0. The van der Waals surface area contributed by atoms with Crippen LogP contribution < -0.4 is 21.6 Å². The second kappa shape index (κ2) is 13.3. The number of aromatic nitrogens is 2. The van der Waals surface area contributed by atoms with E-state index in [9.17, 15) is 29.1 Å².